The molecule has 2 aromatic rings. The molecule has 27 heavy (non-hydrogen) atoms. The van der Waals surface area contributed by atoms with Crippen molar-refractivity contribution >= 4 is 62.7 Å². The molecule has 1 aliphatic rings. The van der Waals surface area contributed by atoms with Crippen molar-refractivity contribution < 1.29 is 19.8 Å². The molecule has 3 rings (SSSR count). The highest BCUT2D eigenvalue weighted by Crippen LogP contribution is 2.34. The third-order valence-electron chi connectivity index (χ3n) is 3.64. The molecule has 0 aliphatic carbocycles. The summed E-state index contributed by atoms with van der Waals surface area (Å²) >= 11 is 7.73. The maximum absolute atomic E-state index is 12.5. The molecule has 2 amide bonds. The third-order valence-corrected chi connectivity index (χ3v) is 5.70. The molecule has 1 saturated heterocycles. The minimum atomic E-state index is -0.266. The number of carbonyl (C=O) groups excluding carboxylic acids is 2. The SMILES string of the molecule is O=C(CCCN1C(=O)/C(=C/c2ccc(O)cc2O)SC1=S)Nc1nccs1. The minimum absolute atomic E-state index is 0.0618. The van der Waals surface area contributed by atoms with Crippen molar-refractivity contribution in [1.82, 2.24) is 9.88 Å². The number of phenols is 2. The molecule has 7 nitrogen and oxygen atoms in total. The van der Waals surface area contributed by atoms with Gasteiger partial charge in [0.2, 0.25) is 5.91 Å². The number of hydrogen-bond donors (Lipinski definition) is 3. The summed E-state index contributed by atoms with van der Waals surface area (Å²) in [4.78, 5) is 30.2. The van der Waals surface area contributed by atoms with Crippen LogP contribution in [-0.2, 0) is 9.59 Å². The number of hydrogen-bond acceptors (Lipinski definition) is 8. The monoisotopic (exact) mass is 421 g/mol. The van der Waals surface area contributed by atoms with Crippen LogP contribution >= 0.6 is 35.3 Å². The molecular formula is C17H15N3O4S3. The number of carbonyl (C=O) groups is 2. The molecule has 1 aliphatic heterocycles. The van der Waals surface area contributed by atoms with E-state index in [-0.39, 0.29) is 29.7 Å². The van der Waals surface area contributed by atoms with E-state index in [1.165, 1.54) is 40.5 Å². The number of thiazole rings is 1. The van der Waals surface area contributed by atoms with Crippen molar-refractivity contribution in [3.63, 3.8) is 0 Å². The summed E-state index contributed by atoms with van der Waals surface area (Å²) < 4.78 is 0.407. The molecule has 10 heteroatoms. The number of thioether (sulfide) groups is 1. The van der Waals surface area contributed by atoms with Crippen molar-refractivity contribution in [2.45, 2.75) is 12.8 Å². The van der Waals surface area contributed by atoms with Gasteiger partial charge in [-0.2, -0.15) is 0 Å². The summed E-state index contributed by atoms with van der Waals surface area (Å²) in [5.41, 5.74) is 0.413. The zero-order chi connectivity index (χ0) is 19.4. The largest absolute Gasteiger partial charge is 0.508 e. The van der Waals surface area contributed by atoms with E-state index in [0.717, 1.165) is 11.8 Å². The lowest BCUT2D eigenvalue weighted by molar-refractivity contribution is -0.122. The lowest BCUT2D eigenvalue weighted by Gasteiger charge is -2.13. The van der Waals surface area contributed by atoms with Crippen LogP contribution in [0.3, 0.4) is 0 Å². The Morgan fingerprint density at radius 2 is 2.19 bits per heavy atom. The van der Waals surface area contributed by atoms with Crippen molar-refractivity contribution in [1.29, 1.82) is 0 Å². The summed E-state index contributed by atoms with van der Waals surface area (Å²) in [5.74, 6) is -0.620. The van der Waals surface area contributed by atoms with Gasteiger partial charge in [-0.1, -0.05) is 24.0 Å². The quantitative estimate of drug-likeness (QED) is 0.486. The Balaban J connectivity index is 1.57. The number of thiocarbonyl (C=S) groups is 1. The molecule has 0 spiro atoms. The number of nitrogens with zero attached hydrogens (tertiary/aromatic N) is 2. The van der Waals surface area contributed by atoms with Gasteiger partial charge in [-0.25, -0.2) is 4.98 Å². The van der Waals surface area contributed by atoms with Crippen molar-refractivity contribution in [3.05, 3.63) is 40.2 Å². The maximum atomic E-state index is 12.5. The lowest BCUT2D eigenvalue weighted by atomic mass is 10.1. The zero-order valence-corrected chi connectivity index (χ0v) is 16.4. The second-order valence-electron chi connectivity index (χ2n) is 5.57. The van der Waals surface area contributed by atoms with Crippen LogP contribution in [0, 0.1) is 0 Å². The fraction of sp³-hybridized carbons (Fsp3) is 0.176. The summed E-state index contributed by atoms with van der Waals surface area (Å²) in [6.07, 6.45) is 3.84. The first-order valence-electron chi connectivity index (χ1n) is 7.91. The lowest BCUT2D eigenvalue weighted by Crippen LogP contribution is -2.29. The first kappa shape index (κ1) is 19.3. The number of nitrogens with one attached hydrogen (secondary N) is 1. The molecule has 0 bridgehead atoms. The van der Waals surface area contributed by atoms with Gasteiger partial charge in [0.25, 0.3) is 5.91 Å². The molecule has 1 aromatic heterocycles. The van der Waals surface area contributed by atoms with E-state index < -0.39 is 0 Å². The van der Waals surface area contributed by atoms with Crippen LogP contribution in [0.5, 0.6) is 11.5 Å². The number of phenolic OH excluding ortho intramolecular Hbond substituents is 2. The Kier molecular flexibility index (Phi) is 6.09. The van der Waals surface area contributed by atoms with Gasteiger partial charge in [-0.05, 0) is 24.6 Å². The normalized spacial score (nSPS) is 15.6. The first-order valence-corrected chi connectivity index (χ1v) is 10.0. The molecule has 3 N–H and O–H groups in total. The van der Waals surface area contributed by atoms with E-state index in [2.05, 4.69) is 10.3 Å². The molecule has 1 fully saturated rings. The fourth-order valence-corrected chi connectivity index (χ4v) is 4.20. The zero-order valence-electron chi connectivity index (χ0n) is 13.9. The molecule has 2 heterocycles. The van der Waals surface area contributed by atoms with E-state index in [4.69, 9.17) is 12.2 Å². The minimum Gasteiger partial charge on any atom is -0.508 e. The standard InChI is InChI=1S/C17H15N3O4S3/c21-11-4-3-10(12(22)9-11)8-13-15(24)20(17(25)27-13)6-1-2-14(23)19-16-18-5-7-26-16/h3-5,7-9,21-22H,1-2,6H2,(H,18,19,23)/b13-8-. The van der Waals surface area contributed by atoms with E-state index in [1.54, 1.807) is 11.6 Å². The third kappa shape index (κ3) is 4.85. The Bertz CT molecular complexity index is 912. The smallest absolute Gasteiger partial charge is 0.266 e. The molecule has 0 unspecified atom stereocenters. The summed E-state index contributed by atoms with van der Waals surface area (Å²) in [6, 6.07) is 4.14. The van der Waals surface area contributed by atoms with Crippen LogP contribution in [0.4, 0.5) is 5.13 Å². The Labute approximate surface area is 168 Å². The predicted octanol–water partition coefficient (Wildman–Crippen LogP) is 3.17. The molecule has 0 atom stereocenters. The second kappa shape index (κ2) is 8.51. The van der Waals surface area contributed by atoms with Gasteiger partial charge in [0.1, 0.15) is 15.8 Å². The molecule has 0 saturated carbocycles. The Morgan fingerprint density at radius 3 is 2.89 bits per heavy atom. The molecule has 0 radical (unpaired) electrons. The second-order valence-corrected chi connectivity index (χ2v) is 8.14. The first-order chi connectivity index (χ1) is 12.9. The average Bonchev–Trinajstić information content (AvgIpc) is 3.20. The molecular weight excluding hydrogens is 406 g/mol. The summed E-state index contributed by atoms with van der Waals surface area (Å²) in [6.45, 7) is 0.328. The predicted molar refractivity (Wildman–Crippen MR) is 110 cm³/mol. The van der Waals surface area contributed by atoms with E-state index >= 15 is 0 Å². The van der Waals surface area contributed by atoms with Crippen LogP contribution in [0.15, 0.2) is 34.7 Å². The summed E-state index contributed by atoms with van der Waals surface area (Å²) in [7, 11) is 0. The van der Waals surface area contributed by atoms with Crippen molar-refractivity contribution in [2.75, 3.05) is 11.9 Å². The van der Waals surface area contributed by atoms with Crippen LogP contribution in [0.25, 0.3) is 6.08 Å². The number of aromatic hydroxyl groups is 2. The van der Waals surface area contributed by atoms with E-state index in [9.17, 15) is 19.8 Å². The topological polar surface area (TPSA) is 103 Å². The van der Waals surface area contributed by atoms with Gasteiger partial charge in [-0.3, -0.25) is 14.5 Å². The van der Waals surface area contributed by atoms with Crippen LogP contribution < -0.4 is 5.32 Å². The van der Waals surface area contributed by atoms with Crippen LogP contribution in [-0.4, -0.2) is 42.8 Å². The van der Waals surface area contributed by atoms with Crippen LogP contribution in [0.1, 0.15) is 18.4 Å². The van der Waals surface area contributed by atoms with E-state index in [1.807, 2.05) is 0 Å². The summed E-state index contributed by atoms with van der Waals surface area (Å²) in [5, 5.41) is 24.2. The highest BCUT2D eigenvalue weighted by Gasteiger charge is 2.31. The van der Waals surface area contributed by atoms with Gasteiger partial charge in [0.15, 0.2) is 5.13 Å². The highest BCUT2D eigenvalue weighted by atomic mass is 32.2. The number of amides is 2. The van der Waals surface area contributed by atoms with Gasteiger partial charge < -0.3 is 15.5 Å². The number of rotatable bonds is 6. The Hall–Kier alpha value is -2.43. The van der Waals surface area contributed by atoms with Crippen molar-refractivity contribution in [2.24, 2.45) is 0 Å². The van der Waals surface area contributed by atoms with Gasteiger partial charge >= 0.3 is 0 Å². The Morgan fingerprint density at radius 1 is 1.37 bits per heavy atom. The number of benzene rings is 1. The average molecular weight is 422 g/mol. The fourth-order valence-electron chi connectivity index (χ4n) is 2.35. The maximum Gasteiger partial charge on any atom is 0.266 e. The van der Waals surface area contributed by atoms with Crippen molar-refractivity contribution in [3.8, 4) is 11.5 Å². The molecule has 140 valence electrons. The van der Waals surface area contributed by atoms with Gasteiger partial charge in [-0.15, -0.1) is 11.3 Å². The van der Waals surface area contributed by atoms with Gasteiger partial charge in [0, 0.05) is 36.2 Å². The van der Waals surface area contributed by atoms with Gasteiger partial charge in [0.05, 0.1) is 4.91 Å². The van der Waals surface area contributed by atoms with E-state index in [0.29, 0.717) is 32.9 Å². The number of anilines is 1. The van der Waals surface area contributed by atoms with Crippen LogP contribution in [0.2, 0.25) is 0 Å². The number of aromatic nitrogens is 1. The molecule has 1 aromatic carbocycles. The highest BCUT2D eigenvalue weighted by molar-refractivity contribution is 8.26.